The van der Waals surface area contributed by atoms with Crippen LogP contribution in [0.5, 0.6) is 23.0 Å². The highest BCUT2D eigenvalue weighted by Gasteiger charge is 2.33. The molecule has 4 aliphatic heterocycles. The number of hydrogen-bond donors (Lipinski definition) is 1. The Morgan fingerprint density at radius 2 is 1.33 bits per heavy atom. The van der Waals surface area contributed by atoms with Gasteiger partial charge in [0.05, 0.1) is 23.0 Å². The average molecular weight is 730 g/mol. The van der Waals surface area contributed by atoms with Crippen molar-refractivity contribution in [3.05, 3.63) is 95.2 Å². The van der Waals surface area contributed by atoms with Crippen molar-refractivity contribution in [2.45, 2.75) is 25.8 Å². The molecule has 1 unspecified atom stereocenters. The van der Waals surface area contributed by atoms with E-state index in [-0.39, 0.29) is 17.9 Å². The van der Waals surface area contributed by atoms with Crippen LogP contribution in [0.15, 0.2) is 72.9 Å². The lowest BCUT2D eigenvalue weighted by Gasteiger charge is -2.41. The molecule has 5 heterocycles. The SMILES string of the molecule is CC(c1ccc(N2CCNCC2)c2c1OCCO2)c1ccc(N2CCN([C@@H](C)CN(C(=O)c3ccc(C#N)cc3)c3ccccn3)CC2)c2c1OCCO2. The molecule has 0 bridgehead atoms. The van der Waals surface area contributed by atoms with Crippen LogP contribution in [0.25, 0.3) is 0 Å². The maximum Gasteiger partial charge on any atom is 0.259 e. The minimum absolute atomic E-state index is 0.0197. The molecule has 2 fully saturated rings. The van der Waals surface area contributed by atoms with Crippen LogP contribution in [-0.2, 0) is 0 Å². The fourth-order valence-corrected chi connectivity index (χ4v) is 7.96. The number of nitrogens with zero attached hydrogens (tertiary/aromatic N) is 6. The Morgan fingerprint density at radius 3 is 1.89 bits per heavy atom. The van der Waals surface area contributed by atoms with E-state index in [0.717, 1.165) is 97.9 Å². The lowest BCUT2D eigenvalue weighted by atomic mass is 9.90. The molecule has 54 heavy (non-hydrogen) atoms. The number of nitriles is 1. The van der Waals surface area contributed by atoms with E-state index in [4.69, 9.17) is 18.9 Å². The van der Waals surface area contributed by atoms with Crippen molar-refractivity contribution in [3.8, 4) is 29.1 Å². The number of amides is 1. The van der Waals surface area contributed by atoms with E-state index in [9.17, 15) is 10.1 Å². The van der Waals surface area contributed by atoms with Crippen LogP contribution in [0.3, 0.4) is 0 Å². The molecule has 280 valence electrons. The molecule has 12 nitrogen and oxygen atoms in total. The molecule has 2 saturated heterocycles. The maximum absolute atomic E-state index is 13.8. The molecule has 1 N–H and O–H groups in total. The van der Waals surface area contributed by atoms with E-state index in [2.05, 4.69) is 69.2 Å². The number of hydrogen-bond acceptors (Lipinski definition) is 11. The molecule has 12 heteroatoms. The predicted molar refractivity (Wildman–Crippen MR) is 208 cm³/mol. The monoisotopic (exact) mass is 729 g/mol. The van der Waals surface area contributed by atoms with Gasteiger partial charge < -0.3 is 34.1 Å². The van der Waals surface area contributed by atoms with Gasteiger partial charge >= 0.3 is 0 Å². The van der Waals surface area contributed by atoms with E-state index < -0.39 is 0 Å². The summed E-state index contributed by atoms with van der Waals surface area (Å²) in [5.41, 5.74) is 5.31. The zero-order chi connectivity index (χ0) is 37.0. The second kappa shape index (κ2) is 15.8. The summed E-state index contributed by atoms with van der Waals surface area (Å²) in [7, 11) is 0. The second-order valence-electron chi connectivity index (χ2n) is 14.2. The third kappa shape index (κ3) is 7.09. The number of pyridine rings is 1. The molecule has 1 amide bonds. The number of anilines is 3. The molecule has 0 aliphatic carbocycles. The Hall–Kier alpha value is -5.51. The summed E-state index contributed by atoms with van der Waals surface area (Å²) in [6.07, 6.45) is 1.70. The van der Waals surface area contributed by atoms with Crippen molar-refractivity contribution >= 4 is 23.1 Å². The van der Waals surface area contributed by atoms with E-state index in [0.29, 0.717) is 49.9 Å². The van der Waals surface area contributed by atoms with Gasteiger partial charge in [0.25, 0.3) is 5.91 Å². The summed E-state index contributed by atoms with van der Waals surface area (Å²) in [6, 6.07) is 23.3. The Labute approximate surface area is 316 Å². The summed E-state index contributed by atoms with van der Waals surface area (Å²) >= 11 is 0. The number of carbonyl (C=O) groups is 1. The van der Waals surface area contributed by atoms with Gasteiger partial charge in [-0.15, -0.1) is 0 Å². The predicted octanol–water partition coefficient (Wildman–Crippen LogP) is 4.91. The van der Waals surface area contributed by atoms with Gasteiger partial charge in [-0.25, -0.2) is 4.98 Å². The van der Waals surface area contributed by atoms with E-state index >= 15 is 0 Å². The van der Waals surface area contributed by atoms with Crippen LogP contribution in [0.2, 0.25) is 0 Å². The molecule has 4 aromatic rings. The van der Waals surface area contributed by atoms with Crippen molar-refractivity contribution in [3.63, 3.8) is 0 Å². The number of benzene rings is 3. The van der Waals surface area contributed by atoms with E-state index in [1.54, 1.807) is 35.4 Å². The fourth-order valence-electron chi connectivity index (χ4n) is 7.96. The average Bonchev–Trinajstić information content (AvgIpc) is 3.25. The fraction of sp³-hybridized carbons (Fsp3) is 0.405. The first-order valence-electron chi connectivity index (χ1n) is 19.0. The van der Waals surface area contributed by atoms with Gasteiger partial charge in [-0.05, 0) is 55.5 Å². The number of nitrogens with one attached hydrogen (secondary N) is 1. The van der Waals surface area contributed by atoms with Crippen molar-refractivity contribution < 1.29 is 23.7 Å². The van der Waals surface area contributed by atoms with Crippen molar-refractivity contribution in [2.75, 3.05) is 100 Å². The molecule has 0 radical (unpaired) electrons. The van der Waals surface area contributed by atoms with Crippen LogP contribution < -0.4 is 39.0 Å². The van der Waals surface area contributed by atoms with Gasteiger partial charge in [0.1, 0.15) is 32.2 Å². The van der Waals surface area contributed by atoms with Gasteiger partial charge in [0.2, 0.25) is 0 Å². The number of fused-ring (bicyclic) bond motifs is 2. The second-order valence-corrected chi connectivity index (χ2v) is 14.2. The summed E-state index contributed by atoms with van der Waals surface area (Å²) in [5.74, 6) is 3.70. The minimum Gasteiger partial charge on any atom is -0.486 e. The minimum atomic E-state index is -0.142. The summed E-state index contributed by atoms with van der Waals surface area (Å²) in [4.78, 5) is 27.2. The normalized spacial score (nSPS) is 18.0. The molecule has 8 rings (SSSR count). The molecule has 0 saturated carbocycles. The van der Waals surface area contributed by atoms with E-state index in [1.165, 1.54) is 0 Å². The van der Waals surface area contributed by atoms with Crippen LogP contribution in [0, 0.1) is 11.3 Å². The first-order chi connectivity index (χ1) is 26.5. The number of carbonyl (C=O) groups excluding carboxylic acids is 1. The molecule has 0 spiro atoms. The zero-order valence-corrected chi connectivity index (χ0v) is 31.0. The summed E-state index contributed by atoms with van der Waals surface area (Å²) < 4.78 is 25.4. The number of aromatic nitrogens is 1. The number of piperazine rings is 2. The quantitative estimate of drug-likeness (QED) is 0.253. The highest BCUT2D eigenvalue weighted by atomic mass is 16.6. The molecule has 4 aliphatic rings. The Morgan fingerprint density at radius 1 is 0.759 bits per heavy atom. The van der Waals surface area contributed by atoms with Crippen LogP contribution in [-0.4, -0.2) is 107 Å². The number of ether oxygens (including phenoxy) is 4. The van der Waals surface area contributed by atoms with Crippen LogP contribution in [0.4, 0.5) is 17.2 Å². The molecule has 3 aromatic carbocycles. The highest BCUT2D eigenvalue weighted by molar-refractivity contribution is 6.05. The van der Waals surface area contributed by atoms with Gasteiger partial charge in [-0.2, -0.15) is 5.26 Å². The molecular formula is C42H47N7O5. The lowest BCUT2D eigenvalue weighted by Crippen LogP contribution is -2.53. The summed E-state index contributed by atoms with van der Waals surface area (Å²) in [6.45, 7) is 13.9. The lowest BCUT2D eigenvalue weighted by molar-refractivity contribution is 0.0973. The standard InChI is InChI=1S/C42H47N7O5/c1-29(28-49(37-5-3-4-14-45-37)42(50)32-8-6-31(27-43)7-9-32)46-19-21-48(22-20-46)36-13-11-34(39-41(36)54-26-24-52-39)30(2)33-10-12-35(47-17-15-44-16-18-47)40-38(33)51-23-25-53-40/h3-14,29-30,44H,15-26,28H2,1-2H3/t29-,30?/m0/s1. The van der Waals surface area contributed by atoms with Crippen molar-refractivity contribution in [1.82, 2.24) is 15.2 Å². The van der Waals surface area contributed by atoms with Gasteiger partial charge in [0, 0.05) is 93.7 Å². The molecule has 2 atom stereocenters. The largest absolute Gasteiger partial charge is 0.486 e. The molecular weight excluding hydrogens is 683 g/mol. The first-order valence-corrected chi connectivity index (χ1v) is 19.0. The smallest absolute Gasteiger partial charge is 0.259 e. The van der Waals surface area contributed by atoms with Crippen molar-refractivity contribution in [1.29, 1.82) is 5.26 Å². The first kappa shape index (κ1) is 35.5. The maximum atomic E-state index is 13.8. The highest BCUT2D eigenvalue weighted by Crippen LogP contribution is 2.50. The Bertz CT molecular complexity index is 1990. The topological polar surface area (TPSA) is 116 Å². The van der Waals surface area contributed by atoms with Crippen molar-refractivity contribution in [2.24, 2.45) is 0 Å². The summed E-state index contributed by atoms with van der Waals surface area (Å²) in [5, 5.41) is 12.7. The van der Waals surface area contributed by atoms with E-state index in [1.807, 2.05) is 18.2 Å². The van der Waals surface area contributed by atoms with Gasteiger partial charge in [-0.1, -0.05) is 25.1 Å². The number of rotatable bonds is 9. The Kier molecular flexibility index (Phi) is 10.4. The third-order valence-electron chi connectivity index (χ3n) is 10.9. The van der Waals surface area contributed by atoms with Crippen LogP contribution >= 0.6 is 0 Å². The van der Waals surface area contributed by atoms with Gasteiger partial charge in [-0.3, -0.25) is 14.6 Å². The van der Waals surface area contributed by atoms with Gasteiger partial charge in [0.15, 0.2) is 23.0 Å². The van der Waals surface area contributed by atoms with Crippen LogP contribution in [0.1, 0.15) is 46.8 Å². The molecule has 1 aromatic heterocycles. The third-order valence-corrected chi connectivity index (χ3v) is 10.9. The Balaban J connectivity index is 0.986. The zero-order valence-electron chi connectivity index (χ0n) is 31.0.